The largest absolute Gasteiger partial charge is 0.491 e. The first kappa shape index (κ1) is 27.7. The summed E-state index contributed by atoms with van der Waals surface area (Å²) in [4.78, 5) is 33.4. The SMILES string of the molecule is C=Nc1c(C(=O)N(C)CNC(=O)c2ccc(N)c(NN)c2)ccc(OCCCN2CCOCC2)c1OC. The van der Waals surface area contributed by atoms with Crippen LogP contribution in [0.1, 0.15) is 27.1 Å². The number of nitrogens with two attached hydrogens (primary N) is 2. The first-order chi connectivity index (χ1) is 17.9. The highest BCUT2D eigenvalue weighted by Gasteiger charge is 2.22. The zero-order chi connectivity index (χ0) is 26.8. The van der Waals surface area contributed by atoms with Crippen LogP contribution in [0.25, 0.3) is 0 Å². The monoisotopic (exact) mass is 513 g/mol. The van der Waals surface area contributed by atoms with Gasteiger partial charge in [-0.1, -0.05) is 0 Å². The van der Waals surface area contributed by atoms with Crippen LogP contribution in [0.5, 0.6) is 11.5 Å². The van der Waals surface area contributed by atoms with Gasteiger partial charge in [0.2, 0.25) is 0 Å². The highest BCUT2D eigenvalue weighted by Crippen LogP contribution is 2.40. The summed E-state index contributed by atoms with van der Waals surface area (Å²) in [5.74, 6) is 5.46. The number of hydrazine groups is 1. The number of amides is 2. The Kier molecular flexibility index (Phi) is 10.1. The number of rotatable bonds is 12. The second-order valence-electron chi connectivity index (χ2n) is 8.42. The second-order valence-corrected chi connectivity index (χ2v) is 8.42. The molecule has 0 radical (unpaired) electrons. The lowest BCUT2D eigenvalue weighted by molar-refractivity contribution is 0.0357. The van der Waals surface area contributed by atoms with Gasteiger partial charge in [-0.15, -0.1) is 0 Å². The number of carbonyl (C=O) groups is 2. The third-order valence-corrected chi connectivity index (χ3v) is 5.96. The Hall–Kier alpha value is -3.87. The summed E-state index contributed by atoms with van der Waals surface area (Å²) in [6.07, 6.45) is 0.833. The van der Waals surface area contributed by atoms with Crippen molar-refractivity contribution in [2.24, 2.45) is 10.8 Å². The molecule has 0 unspecified atom stereocenters. The zero-order valence-corrected chi connectivity index (χ0v) is 21.3. The third-order valence-electron chi connectivity index (χ3n) is 5.96. The molecule has 1 heterocycles. The van der Waals surface area contributed by atoms with Gasteiger partial charge in [-0.2, -0.15) is 0 Å². The van der Waals surface area contributed by atoms with E-state index in [4.69, 9.17) is 25.8 Å². The second kappa shape index (κ2) is 13.4. The molecule has 2 amide bonds. The molecule has 0 bridgehead atoms. The predicted molar refractivity (Wildman–Crippen MR) is 143 cm³/mol. The Morgan fingerprint density at radius 3 is 2.68 bits per heavy atom. The molecule has 2 aromatic carbocycles. The number of methoxy groups -OCH3 is 1. The standard InChI is InChI=1S/C25H35N7O5/c1-28-22-18(6-8-21(23(22)35-3)37-12-4-9-32-10-13-36-14-11-32)25(34)31(2)16-29-24(33)17-5-7-19(26)20(15-17)30-27/h5-8,15,30H,1,4,9-14,16,26-27H2,2-3H3,(H,29,33). The molecule has 1 fully saturated rings. The van der Waals surface area contributed by atoms with E-state index in [0.29, 0.717) is 35.0 Å². The van der Waals surface area contributed by atoms with E-state index >= 15 is 0 Å². The van der Waals surface area contributed by atoms with E-state index < -0.39 is 5.91 Å². The van der Waals surface area contributed by atoms with E-state index in [1.807, 2.05) is 0 Å². The molecule has 12 nitrogen and oxygen atoms in total. The number of hydrogen-bond acceptors (Lipinski definition) is 10. The van der Waals surface area contributed by atoms with Crippen LogP contribution in [-0.2, 0) is 4.74 Å². The van der Waals surface area contributed by atoms with Crippen molar-refractivity contribution in [3.05, 3.63) is 41.5 Å². The minimum Gasteiger partial charge on any atom is -0.491 e. The number of morpholine rings is 1. The lowest BCUT2D eigenvalue weighted by Gasteiger charge is -2.26. The van der Waals surface area contributed by atoms with Gasteiger partial charge < -0.3 is 35.6 Å². The first-order valence-corrected chi connectivity index (χ1v) is 11.9. The Morgan fingerprint density at radius 2 is 2.00 bits per heavy atom. The topological polar surface area (TPSA) is 157 Å². The average Bonchev–Trinajstić information content (AvgIpc) is 2.93. The number of carbonyl (C=O) groups excluding carboxylic acids is 2. The summed E-state index contributed by atoms with van der Waals surface area (Å²) in [6, 6.07) is 7.95. The van der Waals surface area contributed by atoms with E-state index in [1.54, 1.807) is 31.3 Å². The maximum absolute atomic E-state index is 13.2. The lowest BCUT2D eigenvalue weighted by Crippen LogP contribution is -2.38. The molecule has 12 heteroatoms. The zero-order valence-electron chi connectivity index (χ0n) is 21.3. The van der Waals surface area contributed by atoms with Gasteiger partial charge in [0.05, 0.1) is 50.5 Å². The number of aliphatic imine (C=N–C) groups is 1. The van der Waals surface area contributed by atoms with Crippen molar-refractivity contribution >= 4 is 35.6 Å². The van der Waals surface area contributed by atoms with Gasteiger partial charge >= 0.3 is 0 Å². The number of anilines is 2. The molecule has 200 valence electrons. The van der Waals surface area contributed by atoms with Crippen molar-refractivity contribution in [3.63, 3.8) is 0 Å². The highest BCUT2D eigenvalue weighted by atomic mass is 16.5. The van der Waals surface area contributed by atoms with E-state index in [9.17, 15) is 9.59 Å². The van der Waals surface area contributed by atoms with Gasteiger partial charge in [0, 0.05) is 32.2 Å². The van der Waals surface area contributed by atoms with Gasteiger partial charge in [0.1, 0.15) is 5.69 Å². The molecule has 6 N–H and O–H groups in total. The molecule has 37 heavy (non-hydrogen) atoms. The van der Waals surface area contributed by atoms with E-state index in [2.05, 4.69) is 27.4 Å². The van der Waals surface area contributed by atoms with Crippen molar-refractivity contribution in [2.75, 3.05) is 71.4 Å². The fourth-order valence-corrected chi connectivity index (χ4v) is 3.88. The summed E-state index contributed by atoms with van der Waals surface area (Å²) < 4.78 is 16.8. The Balaban J connectivity index is 1.62. The number of benzene rings is 2. The molecule has 0 aliphatic carbocycles. The van der Waals surface area contributed by atoms with Crippen LogP contribution in [0, 0.1) is 0 Å². The summed E-state index contributed by atoms with van der Waals surface area (Å²) >= 11 is 0. The number of nitrogen functional groups attached to an aromatic ring is 2. The number of nitrogens with zero attached hydrogens (tertiary/aromatic N) is 3. The van der Waals surface area contributed by atoms with Gasteiger partial charge in [-0.3, -0.25) is 25.3 Å². The molecule has 1 saturated heterocycles. The third kappa shape index (κ3) is 7.09. The molecule has 0 atom stereocenters. The molecule has 0 spiro atoms. The van der Waals surface area contributed by atoms with Crippen LogP contribution in [0.15, 0.2) is 35.3 Å². The van der Waals surface area contributed by atoms with Crippen molar-refractivity contribution < 1.29 is 23.8 Å². The average molecular weight is 514 g/mol. The minimum absolute atomic E-state index is 0.0495. The maximum Gasteiger partial charge on any atom is 0.257 e. The van der Waals surface area contributed by atoms with Crippen LogP contribution < -0.4 is 31.8 Å². The van der Waals surface area contributed by atoms with Crippen LogP contribution >= 0.6 is 0 Å². The fraction of sp³-hybridized carbons (Fsp3) is 0.400. The van der Waals surface area contributed by atoms with Gasteiger partial charge in [0.25, 0.3) is 11.8 Å². The molecule has 3 rings (SSSR count). The fourth-order valence-electron chi connectivity index (χ4n) is 3.88. The van der Waals surface area contributed by atoms with Crippen molar-refractivity contribution in [1.29, 1.82) is 0 Å². The normalized spacial score (nSPS) is 13.5. The van der Waals surface area contributed by atoms with Gasteiger partial charge in [-0.25, -0.2) is 0 Å². The van der Waals surface area contributed by atoms with E-state index in [1.165, 1.54) is 18.1 Å². The number of hydrogen-bond donors (Lipinski definition) is 4. The van der Waals surface area contributed by atoms with Crippen LogP contribution in [0.4, 0.5) is 17.1 Å². The lowest BCUT2D eigenvalue weighted by atomic mass is 10.1. The summed E-state index contributed by atoms with van der Waals surface area (Å²) in [7, 11) is 3.05. The van der Waals surface area contributed by atoms with Crippen molar-refractivity contribution in [3.8, 4) is 11.5 Å². The van der Waals surface area contributed by atoms with E-state index in [0.717, 1.165) is 39.3 Å². The molecule has 0 aromatic heterocycles. The minimum atomic E-state index is -0.392. The first-order valence-electron chi connectivity index (χ1n) is 11.9. The van der Waals surface area contributed by atoms with Crippen LogP contribution in [0.3, 0.4) is 0 Å². The van der Waals surface area contributed by atoms with Crippen LogP contribution in [-0.4, -0.2) is 88.6 Å². The molecule has 2 aromatic rings. The smallest absolute Gasteiger partial charge is 0.257 e. The maximum atomic E-state index is 13.2. The number of nitrogens with one attached hydrogen (secondary N) is 2. The predicted octanol–water partition coefficient (Wildman–Crippen LogP) is 1.46. The van der Waals surface area contributed by atoms with E-state index in [-0.39, 0.29) is 23.8 Å². The molecule has 0 saturated carbocycles. The van der Waals surface area contributed by atoms with Crippen molar-refractivity contribution in [1.82, 2.24) is 15.1 Å². The van der Waals surface area contributed by atoms with Crippen molar-refractivity contribution in [2.45, 2.75) is 6.42 Å². The molecule has 1 aliphatic rings. The number of ether oxygens (including phenoxy) is 3. The highest BCUT2D eigenvalue weighted by molar-refractivity contribution is 6.01. The molecular weight excluding hydrogens is 478 g/mol. The quantitative estimate of drug-likeness (QED) is 0.0823. The van der Waals surface area contributed by atoms with Gasteiger partial charge in [-0.05, 0) is 43.5 Å². The van der Waals surface area contributed by atoms with Crippen LogP contribution in [0.2, 0.25) is 0 Å². The summed E-state index contributed by atoms with van der Waals surface area (Å²) in [5, 5.41) is 2.70. The van der Waals surface area contributed by atoms with Gasteiger partial charge in [0.15, 0.2) is 11.5 Å². The Labute approximate surface area is 216 Å². The molecular formula is C25H35N7O5. The Morgan fingerprint density at radius 1 is 1.24 bits per heavy atom. The summed E-state index contributed by atoms with van der Waals surface area (Å²) in [5.41, 5.74) is 9.95. The molecule has 1 aliphatic heterocycles. The Bertz CT molecular complexity index is 1110. The summed E-state index contributed by atoms with van der Waals surface area (Å²) in [6.45, 7) is 8.30.